The van der Waals surface area contributed by atoms with E-state index in [4.69, 9.17) is 4.74 Å². The van der Waals surface area contributed by atoms with Crippen molar-refractivity contribution in [3.8, 4) is 11.5 Å². The first-order chi connectivity index (χ1) is 18.3. The molecule has 0 saturated carbocycles. The number of Topliss-reactive ketones (excluding diaryl/α,β-unsaturated/α-hetero) is 1. The zero-order valence-corrected chi connectivity index (χ0v) is 24.1. The molecule has 4 aromatic rings. The van der Waals surface area contributed by atoms with E-state index in [1.54, 1.807) is 23.6 Å². The SMILES string of the molecule is COc1cc(C2C(C(=O)c3cccs3)=C(O)C(=O)N2c2nnc(SCc3ccc(C)cc3)s2)cc(Br)c1O. The largest absolute Gasteiger partial charge is 0.503 e. The molecule has 3 heterocycles. The van der Waals surface area contributed by atoms with Crippen LogP contribution in [0.15, 0.2) is 74.1 Å². The van der Waals surface area contributed by atoms with Crippen LogP contribution >= 0.6 is 50.4 Å². The van der Waals surface area contributed by atoms with Crippen LogP contribution in [0, 0.1) is 6.92 Å². The summed E-state index contributed by atoms with van der Waals surface area (Å²) in [6.45, 7) is 2.03. The Bertz CT molecular complexity index is 1550. The smallest absolute Gasteiger partial charge is 0.296 e. The molecule has 2 aromatic carbocycles. The van der Waals surface area contributed by atoms with Gasteiger partial charge in [-0.25, -0.2) is 0 Å². The second-order valence-corrected chi connectivity index (χ2v) is 12.3. The van der Waals surface area contributed by atoms with E-state index in [1.165, 1.54) is 58.1 Å². The first-order valence-corrected chi connectivity index (χ1v) is 14.7. The predicted octanol–water partition coefficient (Wildman–Crippen LogP) is 6.46. The number of carbonyl (C=O) groups excluding carboxylic acids is 2. The second kappa shape index (κ2) is 10.9. The maximum atomic E-state index is 13.5. The third-order valence-corrected chi connectivity index (χ3v) is 9.47. The highest BCUT2D eigenvalue weighted by Crippen LogP contribution is 2.47. The van der Waals surface area contributed by atoms with Gasteiger partial charge in [-0.15, -0.1) is 21.5 Å². The number of amides is 1. The normalized spacial score (nSPS) is 15.4. The summed E-state index contributed by atoms with van der Waals surface area (Å²) in [7, 11) is 1.40. The van der Waals surface area contributed by atoms with Crippen LogP contribution < -0.4 is 9.64 Å². The third kappa shape index (κ3) is 4.96. The number of phenols is 1. The second-order valence-electron chi connectivity index (χ2n) is 8.32. The van der Waals surface area contributed by atoms with Crippen molar-refractivity contribution in [3.05, 3.63) is 91.3 Å². The summed E-state index contributed by atoms with van der Waals surface area (Å²) in [5.74, 6) is -1.20. The number of benzene rings is 2. The van der Waals surface area contributed by atoms with E-state index < -0.39 is 23.5 Å². The van der Waals surface area contributed by atoms with Gasteiger partial charge in [-0.1, -0.05) is 59.0 Å². The summed E-state index contributed by atoms with van der Waals surface area (Å²) < 4.78 is 6.24. The first-order valence-electron chi connectivity index (χ1n) is 11.2. The predicted molar refractivity (Wildman–Crippen MR) is 152 cm³/mol. The van der Waals surface area contributed by atoms with Crippen molar-refractivity contribution in [2.45, 2.75) is 23.1 Å². The molecular weight excluding hydrogens is 610 g/mol. The fourth-order valence-electron chi connectivity index (χ4n) is 3.99. The average Bonchev–Trinajstić information content (AvgIpc) is 3.66. The molecule has 0 aliphatic carbocycles. The Balaban J connectivity index is 1.54. The molecular formula is C26H20BrN3O5S3. The Hall–Kier alpha value is -3.19. The minimum Gasteiger partial charge on any atom is -0.503 e. The molecule has 5 rings (SSSR count). The molecule has 0 radical (unpaired) electrons. The van der Waals surface area contributed by atoms with Crippen LogP contribution in [0.25, 0.3) is 0 Å². The Kier molecular flexibility index (Phi) is 7.57. The zero-order chi connectivity index (χ0) is 27.0. The van der Waals surface area contributed by atoms with Gasteiger partial charge in [0.15, 0.2) is 21.6 Å². The number of methoxy groups -OCH3 is 1. The van der Waals surface area contributed by atoms with Crippen molar-refractivity contribution in [2.24, 2.45) is 0 Å². The fourth-order valence-corrected chi connectivity index (χ4v) is 6.95. The van der Waals surface area contributed by atoms with Crippen molar-refractivity contribution in [1.29, 1.82) is 0 Å². The standard InChI is InChI=1S/C26H20BrN3O5S3/c1-13-5-7-14(8-6-13)12-37-26-29-28-25(38-26)30-20(15-10-16(27)21(31)17(11-15)35-2)19(23(33)24(30)34)22(32)18-4-3-9-36-18/h3-11,20,31,33H,12H2,1-2H3. The summed E-state index contributed by atoms with van der Waals surface area (Å²) in [5.41, 5.74) is 2.65. The molecule has 1 aliphatic heterocycles. The number of rotatable bonds is 8. The van der Waals surface area contributed by atoms with Crippen molar-refractivity contribution in [2.75, 3.05) is 12.0 Å². The summed E-state index contributed by atoms with van der Waals surface area (Å²) in [6.07, 6.45) is 0. The van der Waals surface area contributed by atoms with Crippen molar-refractivity contribution in [3.63, 3.8) is 0 Å². The molecule has 8 nitrogen and oxygen atoms in total. The van der Waals surface area contributed by atoms with E-state index in [2.05, 4.69) is 26.1 Å². The van der Waals surface area contributed by atoms with Crippen molar-refractivity contribution in [1.82, 2.24) is 10.2 Å². The minimum absolute atomic E-state index is 0.0823. The van der Waals surface area contributed by atoms with E-state index in [9.17, 15) is 19.8 Å². The van der Waals surface area contributed by atoms with Gasteiger partial charge in [0.1, 0.15) is 0 Å². The molecule has 0 fully saturated rings. The maximum Gasteiger partial charge on any atom is 0.296 e. The highest BCUT2D eigenvalue weighted by atomic mass is 79.9. The van der Waals surface area contributed by atoms with Gasteiger partial charge >= 0.3 is 0 Å². The number of aliphatic hydroxyl groups excluding tert-OH is 1. The van der Waals surface area contributed by atoms with Gasteiger partial charge in [-0.2, -0.15) is 0 Å². The highest BCUT2D eigenvalue weighted by Gasteiger charge is 2.46. The zero-order valence-electron chi connectivity index (χ0n) is 20.0. The number of aryl methyl sites for hydroxylation is 1. The molecule has 0 saturated heterocycles. The highest BCUT2D eigenvalue weighted by molar-refractivity contribution is 9.10. The van der Waals surface area contributed by atoms with Crippen LogP contribution in [0.1, 0.15) is 32.4 Å². The van der Waals surface area contributed by atoms with E-state index in [0.717, 1.165) is 5.56 Å². The number of halogens is 1. The van der Waals surface area contributed by atoms with Gasteiger partial charge < -0.3 is 14.9 Å². The maximum absolute atomic E-state index is 13.5. The quantitative estimate of drug-likeness (QED) is 0.130. The molecule has 1 amide bonds. The monoisotopic (exact) mass is 629 g/mol. The summed E-state index contributed by atoms with van der Waals surface area (Å²) in [4.78, 5) is 28.6. The number of aromatic hydroxyl groups is 1. The molecule has 0 spiro atoms. The number of thioether (sulfide) groups is 1. The number of hydrogen-bond donors (Lipinski definition) is 2. The molecule has 194 valence electrons. The Labute approximate surface area is 238 Å². The van der Waals surface area contributed by atoms with E-state index in [-0.39, 0.29) is 22.2 Å². The lowest BCUT2D eigenvalue weighted by Crippen LogP contribution is -2.31. The number of aliphatic hydroxyl groups is 1. The lowest BCUT2D eigenvalue weighted by Gasteiger charge is -2.24. The molecule has 1 aliphatic rings. The first kappa shape index (κ1) is 26.4. The van der Waals surface area contributed by atoms with Crippen molar-refractivity contribution < 1.29 is 24.5 Å². The minimum atomic E-state index is -1.02. The number of phenolic OH excluding ortho intramolecular Hbond substituents is 1. The number of ether oxygens (including phenoxy) is 1. The third-order valence-electron chi connectivity index (χ3n) is 5.87. The summed E-state index contributed by atoms with van der Waals surface area (Å²) in [6, 6.07) is 13.6. The Morgan fingerprint density at radius 1 is 1.18 bits per heavy atom. The lowest BCUT2D eigenvalue weighted by molar-refractivity contribution is -0.117. The Morgan fingerprint density at radius 2 is 1.95 bits per heavy atom. The van der Waals surface area contributed by atoms with Gasteiger partial charge in [0.25, 0.3) is 5.91 Å². The van der Waals surface area contributed by atoms with Gasteiger partial charge in [-0.3, -0.25) is 14.5 Å². The van der Waals surface area contributed by atoms with Crippen LogP contribution in [-0.2, 0) is 10.5 Å². The van der Waals surface area contributed by atoms with Crippen LogP contribution in [-0.4, -0.2) is 39.2 Å². The number of thiophene rings is 1. The van der Waals surface area contributed by atoms with E-state index in [0.29, 0.717) is 25.0 Å². The van der Waals surface area contributed by atoms with Gasteiger partial charge in [0.2, 0.25) is 10.9 Å². The van der Waals surface area contributed by atoms with E-state index in [1.807, 2.05) is 31.2 Å². The molecule has 1 atom stereocenters. The number of anilines is 1. The molecule has 12 heteroatoms. The fraction of sp³-hybridized carbons (Fsp3) is 0.154. The van der Waals surface area contributed by atoms with Crippen LogP contribution in [0.5, 0.6) is 11.5 Å². The number of nitrogens with zero attached hydrogens (tertiary/aromatic N) is 3. The molecule has 38 heavy (non-hydrogen) atoms. The van der Waals surface area contributed by atoms with E-state index >= 15 is 0 Å². The number of hydrogen-bond acceptors (Lipinski definition) is 10. The Morgan fingerprint density at radius 3 is 2.63 bits per heavy atom. The average molecular weight is 631 g/mol. The molecule has 2 N–H and O–H groups in total. The van der Waals surface area contributed by atoms with Gasteiger partial charge in [0, 0.05) is 5.75 Å². The lowest BCUT2D eigenvalue weighted by atomic mass is 9.95. The van der Waals surface area contributed by atoms with Crippen LogP contribution in [0.4, 0.5) is 5.13 Å². The number of ketones is 1. The van der Waals surface area contributed by atoms with Gasteiger partial charge in [-0.05, 0) is 57.6 Å². The molecule has 2 aromatic heterocycles. The molecule has 1 unspecified atom stereocenters. The number of carbonyl (C=O) groups is 2. The van der Waals surface area contributed by atoms with Crippen LogP contribution in [0.3, 0.4) is 0 Å². The number of aromatic nitrogens is 2. The summed E-state index contributed by atoms with van der Waals surface area (Å²) >= 11 is 7.20. The van der Waals surface area contributed by atoms with Crippen LogP contribution in [0.2, 0.25) is 0 Å². The topological polar surface area (TPSA) is 113 Å². The summed E-state index contributed by atoms with van der Waals surface area (Å²) in [5, 5.41) is 31.8. The van der Waals surface area contributed by atoms with Crippen molar-refractivity contribution >= 4 is 67.2 Å². The van der Waals surface area contributed by atoms with Gasteiger partial charge in [0.05, 0.1) is 28.1 Å². The molecule has 0 bridgehead atoms.